The zero-order valence-corrected chi connectivity index (χ0v) is 10.0. The topological polar surface area (TPSA) is 0 Å². The Balaban J connectivity index is 2.74. The smallest absolute Gasteiger partial charge is 0.0348 e. The number of thiophene rings is 1. The molecule has 1 aromatic carbocycles. The highest BCUT2D eigenvalue weighted by Gasteiger charge is 2.10. The first-order valence-electron chi connectivity index (χ1n) is 5.09. The summed E-state index contributed by atoms with van der Waals surface area (Å²) in [6, 6.07) is 6.74. The molecule has 1 heteroatoms. The molecule has 0 spiro atoms. The van der Waals surface area contributed by atoms with Crippen molar-refractivity contribution in [1.82, 2.24) is 0 Å². The highest BCUT2D eigenvalue weighted by atomic mass is 32.1. The zero-order chi connectivity index (χ0) is 10.3. The number of rotatable bonds is 1. The van der Waals surface area contributed by atoms with E-state index in [1.807, 2.05) is 11.3 Å². The molecular weight excluding hydrogens is 188 g/mol. The van der Waals surface area contributed by atoms with Crippen molar-refractivity contribution in [1.29, 1.82) is 0 Å². The first kappa shape index (κ1) is 9.72. The van der Waals surface area contributed by atoms with Gasteiger partial charge in [-0.1, -0.05) is 31.5 Å². The quantitative estimate of drug-likeness (QED) is 0.634. The molecule has 1 aromatic heterocycles. The molecule has 0 aliphatic rings. The van der Waals surface area contributed by atoms with Crippen LogP contribution in [0.2, 0.25) is 0 Å². The van der Waals surface area contributed by atoms with Gasteiger partial charge in [0.2, 0.25) is 0 Å². The molecule has 0 aliphatic carbocycles. The van der Waals surface area contributed by atoms with Gasteiger partial charge >= 0.3 is 0 Å². The largest absolute Gasteiger partial charge is 0.140 e. The Hall–Kier alpha value is -0.820. The Morgan fingerprint density at radius 3 is 2.50 bits per heavy atom. The lowest BCUT2D eigenvalue weighted by molar-refractivity contribution is 0.882. The Kier molecular flexibility index (Phi) is 2.36. The third-order valence-electron chi connectivity index (χ3n) is 2.65. The van der Waals surface area contributed by atoms with Crippen LogP contribution in [-0.4, -0.2) is 0 Å². The van der Waals surface area contributed by atoms with Gasteiger partial charge in [0.15, 0.2) is 0 Å². The van der Waals surface area contributed by atoms with Crippen molar-refractivity contribution < 1.29 is 0 Å². The van der Waals surface area contributed by atoms with Gasteiger partial charge in [-0.25, -0.2) is 0 Å². The van der Waals surface area contributed by atoms with Crippen LogP contribution in [0, 0.1) is 13.8 Å². The molecule has 1 heterocycles. The van der Waals surface area contributed by atoms with E-state index in [-0.39, 0.29) is 0 Å². The Morgan fingerprint density at radius 1 is 1.14 bits per heavy atom. The number of benzene rings is 1. The average Bonchev–Trinajstić information content (AvgIpc) is 2.44. The fourth-order valence-electron chi connectivity index (χ4n) is 1.90. The molecule has 0 radical (unpaired) electrons. The van der Waals surface area contributed by atoms with Crippen molar-refractivity contribution in [3.05, 3.63) is 34.2 Å². The predicted molar refractivity (Wildman–Crippen MR) is 65.4 cm³/mol. The van der Waals surface area contributed by atoms with Crippen LogP contribution in [0.25, 0.3) is 10.1 Å². The SMILES string of the molecule is Cc1ccc2sc(C(C)C)c(C)c2c1. The van der Waals surface area contributed by atoms with Crippen LogP contribution in [-0.2, 0) is 0 Å². The van der Waals surface area contributed by atoms with E-state index in [9.17, 15) is 0 Å². The van der Waals surface area contributed by atoms with Crippen LogP contribution in [0.3, 0.4) is 0 Å². The summed E-state index contributed by atoms with van der Waals surface area (Å²) < 4.78 is 1.43. The summed E-state index contributed by atoms with van der Waals surface area (Å²) in [5.74, 6) is 0.646. The summed E-state index contributed by atoms with van der Waals surface area (Å²) in [6.07, 6.45) is 0. The van der Waals surface area contributed by atoms with Crippen LogP contribution in [0.4, 0.5) is 0 Å². The summed E-state index contributed by atoms with van der Waals surface area (Å²) in [7, 11) is 0. The first-order valence-corrected chi connectivity index (χ1v) is 5.91. The average molecular weight is 204 g/mol. The van der Waals surface area contributed by atoms with Crippen LogP contribution >= 0.6 is 11.3 Å². The molecule has 0 amide bonds. The van der Waals surface area contributed by atoms with Crippen molar-refractivity contribution in [3.8, 4) is 0 Å². The van der Waals surface area contributed by atoms with Crippen LogP contribution in [0.1, 0.15) is 35.8 Å². The van der Waals surface area contributed by atoms with Gasteiger partial charge < -0.3 is 0 Å². The lowest BCUT2D eigenvalue weighted by Gasteiger charge is -2.01. The van der Waals surface area contributed by atoms with Gasteiger partial charge in [-0.05, 0) is 36.8 Å². The minimum atomic E-state index is 0.646. The number of fused-ring (bicyclic) bond motifs is 1. The Morgan fingerprint density at radius 2 is 1.86 bits per heavy atom. The molecule has 2 rings (SSSR count). The van der Waals surface area contributed by atoms with E-state index in [0.717, 1.165) is 0 Å². The van der Waals surface area contributed by atoms with E-state index >= 15 is 0 Å². The predicted octanol–water partition coefficient (Wildman–Crippen LogP) is 4.64. The van der Waals surface area contributed by atoms with Gasteiger partial charge in [0.25, 0.3) is 0 Å². The second-order valence-corrected chi connectivity index (χ2v) is 5.33. The minimum Gasteiger partial charge on any atom is -0.140 e. The van der Waals surface area contributed by atoms with E-state index < -0.39 is 0 Å². The van der Waals surface area contributed by atoms with Gasteiger partial charge in [-0.3, -0.25) is 0 Å². The van der Waals surface area contributed by atoms with Crippen LogP contribution < -0.4 is 0 Å². The van der Waals surface area contributed by atoms with E-state index in [0.29, 0.717) is 5.92 Å². The van der Waals surface area contributed by atoms with E-state index in [1.54, 1.807) is 0 Å². The third kappa shape index (κ3) is 1.46. The monoisotopic (exact) mass is 204 g/mol. The highest BCUT2D eigenvalue weighted by molar-refractivity contribution is 7.19. The van der Waals surface area contributed by atoms with Crippen molar-refractivity contribution in [2.75, 3.05) is 0 Å². The summed E-state index contributed by atoms with van der Waals surface area (Å²) in [5, 5.41) is 1.44. The molecule has 0 saturated heterocycles. The maximum Gasteiger partial charge on any atom is 0.0348 e. The fraction of sp³-hybridized carbons (Fsp3) is 0.385. The van der Waals surface area contributed by atoms with E-state index in [4.69, 9.17) is 0 Å². The molecule has 0 fully saturated rings. The molecule has 2 aromatic rings. The van der Waals surface area contributed by atoms with Gasteiger partial charge in [0, 0.05) is 9.58 Å². The lowest BCUT2D eigenvalue weighted by Crippen LogP contribution is -1.84. The van der Waals surface area contributed by atoms with Gasteiger partial charge in [-0.15, -0.1) is 11.3 Å². The first-order chi connectivity index (χ1) is 6.59. The number of hydrogen-bond acceptors (Lipinski definition) is 1. The van der Waals surface area contributed by atoms with Crippen molar-refractivity contribution in [3.63, 3.8) is 0 Å². The highest BCUT2D eigenvalue weighted by Crippen LogP contribution is 2.35. The van der Waals surface area contributed by atoms with Crippen LogP contribution in [0.15, 0.2) is 18.2 Å². The Labute approximate surface area is 89.6 Å². The molecule has 74 valence electrons. The molecular formula is C13H16S. The molecule has 0 unspecified atom stereocenters. The van der Waals surface area contributed by atoms with Gasteiger partial charge in [0.1, 0.15) is 0 Å². The molecule has 0 atom stereocenters. The third-order valence-corrected chi connectivity index (χ3v) is 4.23. The van der Waals surface area contributed by atoms with Crippen LogP contribution in [0.5, 0.6) is 0 Å². The fourth-order valence-corrected chi connectivity index (χ4v) is 3.10. The molecule has 0 bridgehead atoms. The van der Waals surface area contributed by atoms with Gasteiger partial charge in [-0.2, -0.15) is 0 Å². The standard InChI is InChI=1S/C13H16S/c1-8(2)13-10(4)11-7-9(3)5-6-12(11)14-13/h5-8H,1-4H3. The number of hydrogen-bond donors (Lipinski definition) is 0. The van der Waals surface area contributed by atoms with Crippen molar-refractivity contribution in [2.24, 2.45) is 0 Å². The summed E-state index contributed by atoms with van der Waals surface area (Å²) in [6.45, 7) is 8.94. The maximum absolute atomic E-state index is 2.30. The second kappa shape index (κ2) is 3.39. The lowest BCUT2D eigenvalue weighted by atomic mass is 10.0. The summed E-state index contributed by atoms with van der Waals surface area (Å²) >= 11 is 1.94. The molecule has 0 N–H and O–H groups in total. The molecule has 0 saturated carbocycles. The van der Waals surface area contributed by atoms with Crippen molar-refractivity contribution >= 4 is 21.4 Å². The van der Waals surface area contributed by atoms with Gasteiger partial charge in [0.05, 0.1) is 0 Å². The number of aryl methyl sites for hydroxylation is 2. The summed E-state index contributed by atoms with van der Waals surface area (Å²) in [4.78, 5) is 1.53. The van der Waals surface area contributed by atoms with Crippen molar-refractivity contribution in [2.45, 2.75) is 33.6 Å². The second-order valence-electron chi connectivity index (χ2n) is 4.25. The molecule has 0 aliphatic heterocycles. The van der Waals surface area contributed by atoms with E-state index in [1.165, 1.54) is 26.1 Å². The minimum absolute atomic E-state index is 0.646. The zero-order valence-electron chi connectivity index (χ0n) is 9.22. The molecule has 0 nitrogen and oxygen atoms in total. The molecule has 14 heavy (non-hydrogen) atoms. The summed E-state index contributed by atoms with van der Waals surface area (Å²) in [5.41, 5.74) is 2.83. The maximum atomic E-state index is 2.30. The normalized spacial score (nSPS) is 11.5. The van der Waals surface area contributed by atoms with E-state index in [2.05, 4.69) is 45.9 Å². The Bertz CT molecular complexity index is 463.